The summed E-state index contributed by atoms with van der Waals surface area (Å²) >= 11 is 1.87. The Hall–Kier alpha value is -0.960. The SMILES string of the molecule is CCCCCCCCCCSc1ccc(CC(=O)O)cc1. The maximum atomic E-state index is 10.6. The Morgan fingerprint density at radius 3 is 2.10 bits per heavy atom. The van der Waals surface area contributed by atoms with Crippen molar-refractivity contribution >= 4 is 17.7 Å². The van der Waals surface area contributed by atoms with E-state index in [-0.39, 0.29) is 6.42 Å². The quantitative estimate of drug-likeness (QED) is 0.406. The Labute approximate surface area is 133 Å². The molecule has 0 aromatic heterocycles. The van der Waals surface area contributed by atoms with Crippen LogP contribution in [0.25, 0.3) is 0 Å². The van der Waals surface area contributed by atoms with Gasteiger partial charge in [-0.25, -0.2) is 0 Å². The zero-order valence-corrected chi connectivity index (χ0v) is 14.0. The molecule has 1 aromatic carbocycles. The molecule has 2 nitrogen and oxygen atoms in total. The molecule has 1 rings (SSSR count). The molecule has 21 heavy (non-hydrogen) atoms. The van der Waals surface area contributed by atoms with E-state index in [1.165, 1.54) is 56.3 Å². The van der Waals surface area contributed by atoms with Crippen LogP contribution in [-0.2, 0) is 11.2 Å². The van der Waals surface area contributed by atoms with Crippen molar-refractivity contribution in [1.29, 1.82) is 0 Å². The fourth-order valence-electron chi connectivity index (χ4n) is 2.30. The number of thioether (sulfide) groups is 1. The van der Waals surface area contributed by atoms with Gasteiger partial charge in [0.15, 0.2) is 0 Å². The molecular formula is C18H28O2S. The standard InChI is InChI=1S/C18H28O2S/c1-2-3-4-5-6-7-8-9-14-21-17-12-10-16(11-13-17)15-18(19)20/h10-13H,2-9,14-15H2,1H3,(H,19,20). The molecule has 0 bridgehead atoms. The van der Waals surface area contributed by atoms with Crippen LogP contribution in [0.15, 0.2) is 29.2 Å². The Morgan fingerprint density at radius 2 is 1.52 bits per heavy atom. The van der Waals surface area contributed by atoms with Crippen molar-refractivity contribution in [3.63, 3.8) is 0 Å². The van der Waals surface area contributed by atoms with Gasteiger partial charge in [0.25, 0.3) is 0 Å². The van der Waals surface area contributed by atoms with Gasteiger partial charge < -0.3 is 5.11 Å². The van der Waals surface area contributed by atoms with Crippen LogP contribution in [0.1, 0.15) is 63.9 Å². The molecule has 0 aliphatic rings. The van der Waals surface area contributed by atoms with E-state index in [0.717, 1.165) is 11.3 Å². The largest absolute Gasteiger partial charge is 0.481 e. The number of rotatable bonds is 12. The number of carboxylic acids is 1. The minimum atomic E-state index is -0.769. The van der Waals surface area contributed by atoms with Crippen LogP contribution in [0.4, 0.5) is 0 Å². The molecule has 0 fully saturated rings. The average molecular weight is 308 g/mol. The summed E-state index contributed by atoms with van der Waals surface area (Å²) in [4.78, 5) is 11.8. The number of hydrogen-bond acceptors (Lipinski definition) is 2. The molecule has 0 aliphatic carbocycles. The first-order valence-electron chi connectivity index (χ1n) is 8.16. The van der Waals surface area contributed by atoms with Gasteiger partial charge in [0.05, 0.1) is 6.42 Å². The molecule has 0 saturated heterocycles. The summed E-state index contributed by atoms with van der Waals surface area (Å²) in [6.07, 6.45) is 11.0. The summed E-state index contributed by atoms with van der Waals surface area (Å²) in [6, 6.07) is 7.91. The Morgan fingerprint density at radius 1 is 0.952 bits per heavy atom. The van der Waals surface area contributed by atoms with Gasteiger partial charge in [-0.2, -0.15) is 0 Å². The van der Waals surface area contributed by atoms with Crippen LogP contribution < -0.4 is 0 Å². The number of carbonyl (C=O) groups is 1. The molecular weight excluding hydrogens is 280 g/mol. The highest BCUT2D eigenvalue weighted by Gasteiger charge is 2.00. The predicted molar refractivity (Wildman–Crippen MR) is 91.1 cm³/mol. The lowest BCUT2D eigenvalue weighted by atomic mass is 10.1. The Balaban J connectivity index is 2.03. The zero-order valence-electron chi connectivity index (χ0n) is 13.1. The second-order valence-electron chi connectivity index (χ2n) is 5.54. The van der Waals surface area contributed by atoms with Gasteiger partial charge in [-0.3, -0.25) is 4.79 Å². The van der Waals surface area contributed by atoms with Gasteiger partial charge in [-0.05, 0) is 29.9 Å². The van der Waals surface area contributed by atoms with Gasteiger partial charge in [-0.15, -0.1) is 11.8 Å². The van der Waals surface area contributed by atoms with E-state index >= 15 is 0 Å². The topological polar surface area (TPSA) is 37.3 Å². The average Bonchev–Trinajstić information content (AvgIpc) is 2.47. The second kappa shape index (κ2) is 11.7. The van der Waals surface area contributed by atoms with Gasteiger partial charge in [0, 0.05) is 4.90 Å². The molecule has 118 valence electrons. The first kappa shape index (κ1) is 18.1. The molecule has 1 aromatic rings. The molecule has 0 amide bonds. The van der Waals surface area contributed by atoms with Crippen molar-refractivity contribution in [2.75, 3.05) is 5.75 Å². The van der Waals surface area contributed by atoms with Crippen molar-refractivity contribution in [3.8, 4) is 0 Å². The van der Waals surface area contributed by atoms with Crippen molar-refractivity contribution < 1.29 is 9.90 Å². The minimum Gasteiger partial charge on any atom is -0.481 e. The van der Waals surface area contributed by atoms with Crippen molar-refractivity contribution in [3.05, 3.63) is 29.8 Å². The van der Waals surface area contributed by atoms with E-state index in [0.29, 0.717) is 0 Å². The van der Waals surface area contributed by atoms with Gasteiger partial charge in [0.2, 0.25) is 0 Å². The number of hydrogen-bond donors (Lipinski definition) is 1. The Bertz CT molecular complexity index is 387. The lowest BCUT2D eigenvalue weighted by molar-refractivity contribution is -0.136. The fourth-order valence-corrected chi connectivity index (χ4v) is 3.22. The molecule has 3 heteroatoms. The predicted octanol–water partition coefficient (Wildman–Crippen LogP) is 5.55. The fraction of sp³-hybridized carbons (Fsp3) is 0.611. The lowest BCUT2D eigenvalue weighted by Gasteiger charge is -2.04. The monoisotopic (exact) mass is 308 g/mol. The third-order valence-corrected chi connectivity index (χ3v) is 4.64. The van der Waals surface area contributed by atoms with E-state index in [1.54, 1.807) is 0 Å². The van der Waals surface area contributed by atoms with Gasteiger partial charge in [-0.1, -0.05) is 64.0 Å². The van der Waals surface area contributed by atoms with E-state index < -0.39 is 5.97 Å². The molecule has 0 saturated carbocycles. The van der Waals surface area contributed by atoms with Crippen LogP contribution in [0.3, 0.4) is 0 Å². The van der Waals surface area contributed by atoms with Gasteiger partial charge in [0.1, 0.15) is 0 Å². The summed E-state index contributed by atoms with van der Waals surface area (Å²) in [5.74, 6) is 0.391. The molecule has 0 spiro atoms. The summed E-state index contributed by atoms with van der Waals surface area (Å²) in [5, 5.41) is 8.72. The maximum absolute atomic E-state index is 10.6. The normalized spacial score (nSPS) is 10.7. The molecule has 1 N–H and O–H groups in total. The molecule has 0 atom stereocenters. The number of carboxylic acid groups (broad SMARTS) is 1. The molecule has 0 aliphatic heterocycles. The summed E-state index contributed by atoms with van der Waals surface area (Å²) in [5.41, 5.74) is 0.874. The highest BCUT2D eigenvalue weighted by atomic mass is 32.2. The van der Waals surface area contributed by atoms with Crippen LogP contribution >= 0.6 is 11.8 Å². The van der Waals surface area contributed by atoms with Crippen LogP contribution in [0.2, 0.25) is 0 Å². The van der Waals surface area contributed by atoms with Crippen molar-refractivity contribution in [2.24, 2.45) is 0 Å². The van der Waals surface area contributed by atoms with Crippen molar-refractivity contribution in [2.45, 2.75) is 69.6 Å². The highest BCUT2D eigenvalue weighted by molar-refractivity contribution is 7.99. The van der Waals surface area contributed by atoms with Crippen LogP contribution in [-0.4, -0.2) is 16.8 Å². The highest BCUT2D eigenvalue weighted by Crippen LogP contribution is 2.20. The third-order valence-electron chi connectivity index (χ3n) is 3.55. The third kappa shape index (κ3) is 9.57. The number of benzene rings is 1. The van der Waals surface area contributed by atoms with E-state index in [2.05, 4.69) is 6.92 Å². The first-order valence-corrected chi connectivity index (χ1v) is 9.14. The van der Waals surface area contributed by atoms with Gasteiger partial charge >= 0.3 is 5.97 Å². The summed E-state index contributed by atoms with van der Waals surface area (Å²) in [6.45, 7) is 2.26. The zero-order chi connectivity index (χ0) is 15.3. The molecule has 0 unspecified atom stereocenters. The Kier molecular flexibility index (Phi) is 10.1. The smallest absolute Gasteiger partial charge is 0.307 e. The molecule has 0 radical (unpaired) electrons. The van der Waals surface area contributed by atoms with Crippen molar-refractivity contribution in [1.82, 2.24) is 0 Å². The first-order chi connectivity index (χ1) is 10.2. The van der Waals surface area contributed by atoms with Crippen LogP contribution in [0, 0.1) is 0 Å². The number of aliphatic carboxylic acids is 1. The second-order valence-corrected chi connectivity index (χ2v) is 6.71. The van der Waals surface area contributed by atoms with E-state index in [4.69, 9.17) is 5.11 Å². The van der Waals surface area contributed by atoms with E-state index in [9.17, 15) is 4.79 Å². The number of unbranched alkanes of at least 4 members (excludes halogenated alkanes) is 7. The summed E-state index contributed by atoms with van der Waals surface area (Å²) in [7, 11) is 0. The minimum absolute atomic E-state index is 0.114. The lowest BCUT2D eigenvalue weighted by Crippen LogP contribution is -1.99. The van der Waals surface area contributed by atoms with E-state index in [1.807, 2.05) is 36.0 Å². The maximum Gasteiger partial charge on any atom is 0.307 e. The molecule has 0 heterocycles. The van der Waals surface area contributed by atoms with Crippen LogP contribution in [0.5, 0.6) is 0 Å². The summed E-state index contributed by atoms with van der Waals surface area (Å²) < 4.78 is 0.